The predicted octanol–water partition coefficient (Wildman–Crippen LogP) is 5.33. The van der Waals surface area contributed by atoms with Crippen LogP contribution in [-0.2, 0) is 19.6 Å². The molecule has 0 aromatic heterocycles. The van der Waals surface area contributed by atoms with E-state index in [9.17, 15) is 23.1 Å². The minimum atomic E-state index is -3.84. The zero-order chi connectivity index (χ0) is 34.8. The highest BCUT2D eigenvalue weighted by Crippen LogP contribution is 2.30. The molecule has 4 atom stereocenters. The average molecular weight is 688 g/mol. The normalized spacial score (nSPS) is 22.7. The van der Waals surface area contributed by atoms with Crippen molar-refractivity contribution in [2.24, 2.45) is 11.8 Å². The molecule has 4 rings (SSSR count). The Morgan fingerprint density at radius 1 is 1.06 bits per heavy atom. The van der Waals surface area contributed by atoms with Gasteiger partial charge in [0.2, 0.25) is 15.9 Å². The molecule has 1 saturated carbocycles. The molecule has 1 aliphatic carbocycles. The first-order chi connectivity index (χ1) is 22.9. The van der Waals surface area contributed by atoms with Gasteiger partial charge in [0.1, 0.15) is 11.5 Å². The minimum Gasteiger partial charge on any atom is -0.497 e. The van der Waals surface area contributed by atoms with Crippen LogP contribution in [0.25, 0.3) is 0 Å². The summed E-state index contributed by atoms with van der Waals surface area (Å²) in [6.07, 6.45) is 6.48. The third-order valence-electron chi connectivity index (χ3n) is 9.50. The Bertz CT molecular complexity index is 1460. The van der Waals surface area contributed by atoms with E-state index >= 15 is 0 Å². The Morgan fingerprint density at radius 3 is 2.42 bits per heavy atom. The monoisotopic (exact) mass is 687 g/mol. The number of amides is 2. The van der Waals surface area contributed by atoms with Crippen LogP contribution in [0.3, 0.4) is 0 Å². The Morgan fingerprint density at radius 2 is 1.75 bits per heavy atom. The molecule has 0 spiro atoms. The number of nitrogens with one attached hydrogen (secondary N) is 1. The van der Waals surface area contributed by atoms with E-state index in [1.165, 1.54) is 30.6 Å². The Kier molecular flexibility index (Phi) is 13.7. The van der Waals surface area contributed by atoms with Crippen molar-refractivity contribution in [3.05, 3.63) is 48.0 Å². The number of methoxy groups -OCH3 is 1. The molecule has 2 amide bonds. The first-order valence-electron chi connectivity index (χ1n) is 17.2. The summed E-state index contributed by atoms with van der Waals surface area (Å²) in [6, 6.07) is 10.9. The topological polar surface area (TPSA) is 135 Å². The zero-order valence-corrected chi connectivity index (χ0v) is 29.8. The van der Waals surface area contributed by atoms with Crippen LogP contribution < -0.4 is 14.8 Å². The molecule has 0 unspecified atom stereocenters. The molecular formula is C36H53N3O8S. The lowest BCUT2D eigenvalue weighted by molar-refractivity contribution is -0.120. The first kappa shape index (κ1) is 37.6. The molecule has 11 nitrogen and oxygen atoms in total. The van der Waals surface area contributed by atoms with Gasteiger partial charge >= 0.3 is 0 Å². The lowest BCUT2D eigenvalue weighted by atomic mass is 9.88. The molecule has 2 N–H and O–H groups in total. The third-order valence-corrected chi connectivity index (χ3v) is 11.3. The molecule has 48 heavy (non-hydrogen) atoms. The number of rotatable bonds is 9. The first-order valence-corrected chi connectivity index (χ1v) is 18.6. The van der Waals surface area contributed by atoms with Crippen molar-refractivity contribution in [2.45, 2.75) is 95.3 Å². The van der Waals surface area contributed by atoms with Gasteiger partial charge in [-0.25, -0.2) is 8.42 Å². The highest BCUT2D eigenvalue weighted by atomic mass is 32.2. The van der Waals surface area contributed by atoms with E-state index in [2.05, 4.69) is 5.32 Å². The van der Waals surface area contributed by atoms with Crippen molar-refractivity contribution in [2.75, 3.05) is 45.8 Å². The van der Waals surface area contributed by atoms with Gasteiger partial charge in [-0.2, -0.15) is 4.31 Å². The summed E-state index contributed by atoms with van der Waals surface area (Å²) >= 11 is 0. The summed E-state index contributed by atoms with van der Waals surface area (Å²) < 4.78 is 46.1. The molecule has 2 aromatic carbocycles. The van der Waals surface area contributed by atoms with Gasteiger partial charge in [-0.05, 0) is 88.4 Å². The smallest absolute Gasteiger partial charge is 0.258 e. The highest BCUT2D eigenvalue weighted by molar-refractivity contribution is 7.89. The number of ether oxygens (including phenoxy) is 3. The van der Waals surface area contributed by atoms with Crippen LogP contribution in [0.1, 0.15) is 82.5 Å². The summed E-state index contributed by atoms with van der Waals surface area (Å²) in [5, 5.41) is 13.3. The van der Waals surface area contributed by atoms with Crippen molar-refractivity contribution >= 4 is 27.5 Å². The maximum absolute atomic E-state index is 14.4. The van der Waals surface area contributed by atoms with Crippen molar-refractivity contribution in [3.8, 4) is 11.5 Å². The van der Waals surface area contributed by atoms with Crippen LogP contribution in [0.5, 0.6) is 11.5 Å². The van der Waals surface area contributed by atoms with Crippen LogP contribution in [0.2, 0.25) is 0 Å². The van der Waals surface area contributed by atoms with Gasteiger partial charge in [0, 0.05) is 44.3 Å². The van der Waals surface area contributed by atoms with E-state index in [-0.39, 0.29) is 54.3 Å². The number of hydrogen-bond acceptors (Lipinski definition) is 8. The standard InChI is InChI=1S/C36H53N3O8S/c1-25-22-39(26(2)24-40)36(42)32-21-29(37-35(41)28-12-7-6-8-13-28)14-19-33(32)47-27(3)11-9-10-20-46-34(25)23-38(4)48(43,44)31-17-15-30(45-5)16-18-31/h14-19,21,25-28,34,40H,6-13,20,22-24H2,1-5H3,(H,37,41)/t25-,26-,27-,34+/m0/s1. The van der Waals surface area contributed by atoms with Crippen LogP contribution in [0.15, 0.2) is 47.4 Å². The third kappa shape index (κ3) is 9.71. The molecule has 2 aromatic rings. The molecule has 1 aliphatic heterocycles. The van der Waals surface area contributed by atoms with Crippen LogP contribution in [0.4, 0.5) is 5.69 Å². The van der Waals surface area contributed by atoms with Gasteiger partial charge in [0.15, 0.2) is 0 Å². The largest absolute Gasteiger partial charge is 0.497 e. The molecule has 0 bridgehead atoms. The van der Waals surface area contributed by atoms with Crippen molar-refractivity contribution in [3.63, 3.8) is 0 Å². The summed E-state index contributed by atoms with van der Waals surface area (Å²) in [5.74, 6) is 0.227. The van der Waals surface area contributed by atoms with Crippen molar-refractivity contribution < 1.29 is 37.3 Å². The summed E-state index contributed by atoms with van der Waals surface area (Å²) in [7, 11) is -0.788. The molecular weight excluding hydrogens is 634 g/mol. The lowest BCUT2D eigenvalue weighted by Gasteiger charge is -2.35. The maximum Gasteiger partial charge on any atom is 0.258 e. The van der Waals surface area contributed by atoms with Crippen molar-refractivity contribution in [1.82, 2.24) is 9.21 Å². The van der Waals surface area contributed by atoms with Gasteiger partial charge < -0.3 is 29.5 Å². The number of fused-ring (bicyclic) bond motifs is 1. The second-order valence-electron chi connectivity index (χ2n) is 13.3. The Balaban J connectivity index is 1.62. The quantitative estimate of drug-likeness (QED) is 0.362. The van der Waals surface area contributed by atoms with E-state index in [0.29, 0.717) is 29.4 Å². The molecule has 0 saturated heterocycles. The predicted molar refractivity (Wildman–Crippen MR) is 185 cm³/mol. The number of aliphatic hydroxyl groups is 1. The average Bonchev–Trinajstić information content (AvgIpc) is 3.09. The molecule has 0 radical (unpaired) electrons. The van der Waals surface area contributed by atoms with Gasteiger partial charge in [0.25, 0.3) is 5.91 Å². The number of nitrogens with zero attached hydrogens (tertiary/aromatic N) is 2. The fourth-order valence-corrected chi connectivity index (χ4v) is 7.53. The van der Waals surface area contributed by atoms with E-state index in [1.54, 1.807) is 42.2 Å². The molecule has 2 aliphatic rings. The Hall–Kier alpha value is -3.19. The van der Waals surface area contributed by atoms with Gasteiger partial charge in [-0.15, -0.1) is 0 Å². The van der Waals surface area contributed by atoms with E-state index in [0.717, 1.165) is 51.4 Å². The fourth-order valence-electron chi connectivity index (χ4n) is 6.35. The second kappa shape index (κ2) is 17.5. The van der Waals surface area contributed by atoms with Gasteiger partial charge in [-0.3, -0.25) is 9.59 Å². The summed E-state index contributed by atoms with van der Waals surface area (Å²) in [5.41, 5.74) is 0.816. The van der Waals surface area contributed by atoms with E-state index in [4.69, 9.17) is 14.2 Å². The number of benzene rings is 2. The van der Waals surface area contributed by atoms with Crippen LogP contribution in [-0.4, -0.2) is 93.3 Å². The summed E-state index contributed by atoms with van der Waals surface area (Å²) in [6.45, 7) is 6.05. The number of hydrogen-bond donors (Lipinski definition) is 2. The fraction of sp³-hybridized carbons (Fsp3) is 0.611. The SMILES string of the molecule is COc1ccc(S(=O)(=O)N(C)C[C@H]2OCCCC[C@H](C)Oc3ccc(NC(=O)C4CCCCC4)cc3C(=O)N([C@@H](C)CO)C[C@@H]2C)cc1. The number of anilines is 1. The number of carbonyl (C=O) groups excluding carboxylic acids is 2. The van der Waals surface area contributed by atoms with E-state index in [1.807, 2.05) is 13.8 Å². The zero-order valence-electron chi connectivity index (χ0n) is 29.0. The maximum atomic E-state index is 14.4. The Labute approximate surface area is 286 Å². The second-order valence-corrected chi connectivity index (χ2v) is 15.3. The number of likely N-dealkylation sites (N-methyl/N-ethyl adjacent to an activating group) is 1. The lowest BCUT2D eigenvalue weighted by Crippen LogP contribution is -2.48. The van der Waals surface area contributed by atoms with Gasteiger partial charge in [-0.1, -0.05) is 26.2 Å². The van der Waals surface area contributed by atoms with Crippen LogP contribution >= 0.6 is 0 Å². The van der Waals surface area contributed by atoms with Gasteiger partial charge in [0.05, 0.1) is 42.4 Å². The number of carbonyl (C=O) groups is 2. The molecule has 12 heteroatoms. The van der Waals surface area contributed by atoms with E-state index < -0.39 is 22.2 Å². The van der Waals surface area contributed by atoms with Crippen LogP contribution in [0, 0.1) is 11.8 Å². The molecule has 1 fully saturated rings. The minimum absolute atomic E-state index is 0.0415. The number of aliphatic hydroxyl groups excluding tert-OH is 1. The molecule has 266 valence electrons. The summed E-state index contributed by atoms with van der Waals surface area (Å²) in [4.78, 5) is 29.2. The molecule has 1 heterocycles. The number of sulfonamides is 1. The highest BCUT2D eigenvalue weighted by Gasteiger charge is 2.33. The van der Waals surface area contributed by atoms with Crippen molar-refractivity contribution in [1.29, 1.82) is 0 Å².